The van der Waals surface area contributed by atoms with Gasteiger partial charge in [-0.25, -0.2) is 4.39 Å². The Hall–Kier alpha value is -2.16. The van der Waals surface area contributed by atoms with Crippen molar-refractivity contribution in [1.29, 1.82) is 0 Å². The van der Waals surface area contributed by atoms with Crippen LogP contribution in [0, 0.1) is 17.7 Å². The van der Waals surface area contributed by atoms with E-state index in [0.717, 1.165) is 10.4 Å². The Balaban J connectivity index is 2.04. The first-order chi connectivity index (χ1) is 9.72. The zero-order valence-corrected chi connectivity index (χ0v) is 11.3. The predicted octanol–water partition coefficient (Wildman–Crippen LogP) is 2.16. The van der Waals surface area contributed by atoms with Gasteiger partial charge >= 0.3 is 0 Å². The highest BCUT2D eigenvalue weighted by Gasteiger charge is 2.11. The number of aliphatic hydroxyl groups is 1. The Kier molecular flexibility index (Phi) is 4.88. The molecular formula is C15H12FNO2S. The third-order valence-corrected chi connectivity index (χ3v) is 3.50. The lowest BCUT2D eigenvalue weighted by atomic mass is 10.2. The van der Waals surface area contributed by atoms with Crippen LogP contribution in [0.1, 0.15) is 20.8 Å². The summed E-state index contributed by atoms with van der Waals surface area (Å²) in [4.78, 5) is 12.7. The Bertz CT molecular complexity index is 670. The largest absolute Gasteiger partial charge is 0.384 e. The van der Waals surface area contributed by atoms with Gasteiger partial charge in [-0.15, -0.1) is 11.3 Å². The number of carbonyl (C=O) groups excluding carboxylic acids is 1. The summed E-state index contributed by atoms with van der Waals surface area (Å²) in [7, 11) is 0. The van der Waals surface area contributed by atoms with E-state index >= 15 is 0 Å². The average Bonchev–Trinajstić information content (AvgIpc) is 2.90. The third-order valence-electron chi connectivity index (χ3n) is 2.58. The normalized spacial score (nSPS) is 9.70. The van der Waals surface area contributed by atoms with Gasteiger partial charge in [0.1, 0.15) is 12.4 Å². The van der Waals surface area contributed by atoms with Gasteiger partial charge in [-0.2, -0.15) is 0 Å². The monoisotopic (exact) mass is 289 g/mol. The van der Waals surface area contributed by atoms with Crippen molar-refractivity contribution in [2.24, 2.45) is 0 Å². The quantitative estimate of drug-likeness (QED) is 0.851. The van der Waals surface area contributed by atoms with E-state index in [0.29, 0.717) is 0 Å². The van der Waals surface area contributed by atoms with Crippen LogP contribution in [0.5, 0.6) is 0 Å². The van der Waals surface area contributed by atoms with Gasteiger partial charge in [0.2, 0.25) is 0 Å². The third kappa shape index (κ3) is 3.44. The van der Waals surface area contributed by atoms with E-state index in [1.165, 1.54) is 29.5 Å². The summed E-state index contributed by atoms with van der Waals surface area (Å²) in [6.07, 6.45) is 0. The molecule has 0 unspecified atom stereocenters. The van der Waals surface area contributed by atoms with Crippen LogP contribution >= 0.6 is 11.3 Å². The fourth-order valence-electron chi connectivity index (χ4n) is 1.62. The van der Waals surface area contributed by atoms with Crippen LogP contribution in [0.15, 0.2) is 35.7 Å². The first-order valence-electron chi connectivity index (χ1n) is 5.91. The number of hydrogen-bond acceptors (Lipinski definition) is 3. The van der Waals surface area contributed by atoms with Crippen molar-refractivity contribution in [3.8, 4) is 11.8 Å². The number of halogens is 1. The second kappa shape index (κ2) is 6.85. The highest BCUT2D eigenvalue weighted by molar-refractivity contribution is 7.10. The van der Waals surface area contributed by atoms with Gasteiger partial charge in [-0.3, -0.25) is 4.79 Å². The number of hydrogen-bond donors (Lipinski definition) is 2. The van der Waals surface area contributed by atoms with Crippen molar-refractivity contribution < 1.29 is 14.3 Å². The van der Waals surface area contributed by atoms with Crippen molar-refractivity contribution in [2.45, 2.75) is 6.54 Å². The molecular weight excluding hydrogens is 277 g/mol. The Morgan fingerprint density at radius 1 is 1.35 bits per heavy atom. The van der Waals surface area contributed by atoms with Crippen molar-refractivity contribution in [1.82, 2.24) is 5.32 Å². The van der Waals surface area contributed by atoms with E-state index < -0.39 is 11.7 Å². The number of nitrogens with one attached hydrogen (secondary N) is 1. The summed E-state index contributed by atoms with van der Waals surface area (Å²) >= 11 is 1.45. The molecule has 5 heteroatoms. The summed E-state index contributed by atoms with van der Waals surface area (Å²) in [5.74, 6) is 4.36. The standard InChI is InChI=1S/C15H12FNO2S/c16-13-6-2-1-5-12(13)15(19)17-10-14-11(4-3-8-18)7-9-20-14/h1-2,5-7,9,18H,8,10H2,(H,17,19). The van der Waals surface area contributed by atoms with Crippen LogP contribution in [0.2, 0.25) is 0 Å². The molecule has 2 N–H and O–H groups in total. The van der Waals surface area contributed by atoms with Gasteiger partial charge in [0.25, 0.3) is 5.91 Å². The van der Waals surface area contributed by atoms with E-state index in [1.54, 1.807) is 6.07 Å². The average molecular weight is 289 g/mol. The van der Waals surface area contributed by atoms with E-state index in [2.05, 4.69) is 17.2 Å². The van der Waals surface area contributed by atoms with E-state index in [1.807, 2.05) is 11.4 Å². The molecule has 2 aromatic rings. The topological polar surface area (TPSA) is 49.3 Å². The maximum Gasteiger partial charge on any atom is 0.254 e. The van der Waals surface area contributed by atoms with Crippen molar-refractivity contribution >= 4 is 17.2 Å². The van der Waals surface area contributed by atoms with E-state index in [4.69, 9.17) is 5.11 Å². The zero-order valence-electron chi connectivity index (χ0n) is 10.5. The molecule has 1 amide bonds. The van der Waals surface area contributed by atoms with Gasteiger partial charge in [0.05, 0.1) is 12.1 Å². The van der Waals surface area contributed by atoms with Crippen LogP contribution in [0.25, 0.3) is 0 Å². The number of benzene rings is 1. The molecule has 0 aliphatic carbocycles. The Morgan fingerprint density at radius 2 is 2.15 bits per heavy atom. The second-order valence-corrected chi connectivity index (χ2v) is 4.88. The molecule has 0 aliphatic heterocycles. The minimum atomic E-state index is -0.545. The molecule has 0 saturated heterocycles. The predicted molar refractivity (Wildman–Crippen MR) is 75.9 cm³/mol. The summed E-state index contributed by atoms with van der Waals surface area (Å²) < 4.78 is 13.4. The van der Waals surface area contributed by atoms with E-state index in [-0.39, 0.29) is 18.7 Å². The number of carbonyl (C=O) groups is 1. The van der Waals surface area contributed by atoms with Gasteiger partial charge in [0.15, 0.2) is 0 Å². The fraction of sp³-hybridized carbons (Fsp3) is 0.133. The molecule has 0 saturated carbocycles. The summed E-state index contributed by atoms with van der Waals surface area (Å²) in [5.41, 5.74) is 0.782. The van der Waals surface area contributed by atoms with Gasteiger partial charge in [-0.1, -0.05) is 24.0 Å². The molecule has 20 heavy (non-hydrogen) atoms. The molecule has 1 aromatic heterocycles. The minimum Gasteiger partial charge on any atom is -0.384 e. The van der Waals surface area contributed by atoms with Crippen molar-refractivity contribution in [2.75, 3.05) is 6.61 Å². The van der Waals surface area contributed by atoms with Gasteiger partial charge in [-0.05, 0) is 23.6 Å². The molecule has 2 rings (SSSR count). The lowest BCUT2D eigenvalue weighted by Gasteiger charge is -2.05. The van der Waals surface area contributed by atoms with Crippen LogP contribution in [0.3, 0.4) is 0 Å². The fourth-order valence-corrected chi connectivity index (χ4v) is 2.39. The highest BCUT2D eigenvalue weighted by Crippen LogP contribution is 2.16. The van der Waals surface area contributed by atoms with Crippen LogP contribution in [0.4, 0.5) is 4.39 Å². The number of aliphatic hydroxyl groups excluding tert-OH is 1. The second-order valence-electron chi connectivity index (χ2n) is 3.88. The highest BCUT2D eigenvalue weighted by atomic mass is 32.1. The first-order valence-corrected chi connectivity index (χ1v) is 6.79. The summed E-state index contributed by atoms with van der Waals surface area (Å²) in [6, 6.07) is 7.65. The molecule has 1 aromatic carbocycles. The van der Waals surface area contributed by atoms with Crippen molar-refractivity contribution in [3.05, 3.63) is 57.5 Å². The molecule has 102 valence electrons. The molecule has 0 spiro atoms. The lowest BCUT2D eigenvalue weighted by molar-refractivity contribution is 0.0947. The Morgan fingerprint density at radius 3 is 2.90 bits per heavy atom. The minimum absolute atomic E-state index is 0.0204. The number of thiophene rings is 1. The smallest absolute Gasteiger partial charge is 0.254 e. The maximum absolute atomic E-state index is 13.4. The van der Waals surface area contributed by atoms with Crippen molar-refractivity contribution in [3.63, 3.8) is 0 Å². The van der Waals surface area contributed by atoms with Gasteiger partial charge < -0.3 is 10.4 Å². The Labute approximate surface area is 120 Å². The molecule has 1 heterocycles. The number of rotatable bonds is 3. The molecule has 0 radical (unpaired) electrons. The maximum atomic E-state index is 13.4. The van der Waals surface area contributed by atoms with Crippen LogP contribution < -0.4 is 5.32 Å². The van der Waals surface area contributed by atoms with Crippen LogP contribution in [-0.2, 0) is 6.54 Å². The van der Waals surface area contributed by atoms with Gasteiger partial charge in [0, 0.05) is 10.4 Å². The molecule has 0 atom stereocenters. The number of amides is 1. The summed E-state index contributed by atoms with van der Waals surface area (Å²) in [6.45, 7) is 0.0666. The zero-order chi connectivity index (χ0) is 14.4. The molecule has 0 fully saturated rings. The lowest BCUT2D eigenvalue weighted by Crippen LogP contribution is -2.23. The van der Waals surface area contributed by atoms with E-state index in [9.17, 15) is 9.18 Å². The molecule has 0 aliphatic rings. The van der Waals surface area contributed by atoms with Crippen LogP contribution in [-0.4, -0.2) is 17.6 Å². The SMILES string of the molecule is O=C(NCc1sccc1C#CCO)c1ccccc1F. The molecule has 0 bridgehead atoms. The molecule has 3 nitrogen and oxygen atoms in total. The summed E-state index contributed by atoms with van der Waals surface area (Å²) in [5, 5.41) is 13.2. The first kappa shape index (κ1) is 14.3.